The summed E-state index contributed by atoms with van der Waals surface area (Å²) in [5.41, 5.74) is 1.77. The van der Waals surface area contributed by atoms with Crippen LogP contribution in [0.1, 0.15) is 22.3 Å². The van der Waals surface area contributed by atoms with Crippen LogP contribution in [0.4, 0.5) is 0 Å². The molecule has 2 rings (SSSR count). The second-order valence-corrected chi connectivity index (χ2v) is 5.46. The van der Waals surface area contributed by atoms with Crippen LogP contribution in [0.25, 0.3) is 0 Å². The number of ketones is 1. The van der Waals surface area contributed by atoms with Crippen LogP contribution < -0.4 is 0 Å². The van der Waals surface area contributed by atoms with E-state index in [9.17, 15) is 9.59 Å². The number of ether oxygens (including phenoxy) is 1. The number of hydrogen-bond donors (Lipinski definition) is 0. The van der Waals surface area contributed by atoms with Gasteiger partial charge in [0.2, 0.25) is 0 Å². The highest BCUT2D eigenvalue weighted by atomic mass is 32.2. The predicted octanol–water partition coefficient (Wildman–Crippen LogP) is 3.72. The molecule has 0 fully saturated rings. The van der Waals surface area contributed by atoms with Crippen molar-refractivity contribution in [2.75, 3.05) is 7.11 Å². The van der Waals surface area contributed by atoms with E-state index < -0.39 is 5.97 Å². The van der Waals surface area contributed by atoms with E-state index in [4.69, 9.17) is 0 Å². The molecule has 0 aromatic heterocycles. The number of rotatable bonds is 6. The number of benzene rings is 2. The number of hydrogen-bond acceptors (Lipinski definition) is 4. The number of thioether (sulfide) groups is 1. The van der Waals surface area contributed by atoms with E-state index in [-0.39, 0.29) is 12.2 Å². The van der Waals surface area contributed by atoms with Crippen molar-refractivity contribution in [3.8, 4) is 0 Å². The zero-order valence-corrected chi connectivity index (χ0v) is 12.6. The molecule has 0 aliphatic rings. The molecule has 0 saturated heterocycles. The summed E-state index contributed by atoms with van der Waals surface area (Å²) in [6.45, 7) is 0. The van der Waals surface area contributed by atoms with Gasteiger partial charge in [0.15, 0.2) is 5.78 Å². The molecular formula is C17H16O3S. The summed E-state index contributed by atoms with van der Waals surface area (Å²) >= 11 is 1.59. The SMILES string of the molecule is COC(=O)CC(=O)c1ccccc1SCc1ccccc1. The first-order valence-corrected chi connectivity index (χ1v) is 7.55. The van der Waals surface area contributed by atoms with Crippen LogP contribution >= 0.6 is 11.8 Å². The number of carbonyl (C=O) groups excluding carboxylic acids is 2. The van der Waals surface area contributed by atoms with Crippen molar-refractivity contribution in [1.29, 1.82) is 0 Å². The molecule has 0 bridgehead atoms. The van der Waals surface area contributed by atoms with E-state index in [0.717, 1.165) is 10.6 Å². The quantitative estimate of drug-likeness (QED) is 0.353. The Hall–Kier alpha value is -2.07. The third-order valence-electron chi connectivity index (χ3n) is 2.96. The molecule has 0 heterocycles. The highest BCUT2D eigenvalue weighted by Gasteiger charge is 2.15. The monoisotopic (exact) mass is 300 g/mol. The van der Waals surface area contributed by atoms with Crippen molar-refractivity contribution in [3.05, 3.63) is 65.7 Å². The highest BCUT2D eigenvalue weighted by molar-refractivity contribution is 7.98. The third kappa shape index (κ3) is 4.46. The molecule has 0 spiro atoms. The van der Waals surface area contributed by atoms with Gasteiger partial charge in [-0.15, -0.1) is 11.8 Å². The Labute approximate surface area is 128 Å². The molecule has 108 valence electrons. The Morgan fingerprint density at radius 2 is 1.67 bits per heavy atom. The lowest BCUT2D eigenvalue weighted by molar-refractivity contribution is -0.139. The smallest absolute Gasteiger partial charge is 0.313 e. The number of methoxy groups -OCH3 is 1. The second-order valence-electron chi connectivity index (χ2n) is 4.45. The molecule has 2 aromatic rings. The Bertz CT molecular complexity index is 623. The lowest BCUT2D eigenvalue weighted by atomic mass is 10.1. The Morgan fingerprint density at radius 1 is 1.00 bits per heavy atom. The average Bonchev–Trinajstić information content (AvgIpc) is 2.54. The summed E-state index contributed by atoms with van der Waals surface area (Å²) in [7, 11) is 1.28. The van der Waals surface area contributed by atoms with Crippen molar-refractivity contribution in [3.63, 3.8) is 0 Å². The minimum Gasteiger partial charge on any atom is -0.469 e. The largest absolute Gasteiger partial charge is 0.469 e. The minimum atomic E-state index is -0.511. The van der Waals surface area contributed by atoms with Crippen LogP contribution in [0.3, 0.4) is 0 Å². The van der Waals surface area contributed by atoms with Gasteiger partial charge in [-0.1, -0.05) is 48.5 Å². The van der Waals surface area contributed by atoms with Crippen molar-refractivity contribution in [1.82, 2.24) is 0 Å². The average molecular weight is 300 g/mol. The summed E-state index contributed by atoms with van der Waals surface area (Å²) in [5.74, 6) is 0.0597. The zero-order valence-electron chi connectivity index (χ0n) is 11.7. The van der Waals surface area contributed by atoms with Crippen molar-refractivity contribution < 1.29 is 14.3 Å². The van der Waals surface area contributed by atoms with Gasteiger partial charge in [0.05, 0.1) is 7.11 Å². The van der Waals surface area contributed by atoms with Gasteiger partial charge in [0, 0.05) is 16.2 Å². The molecule has 0 atom stereocenters. The summed E-state index contributed by atoms with van der Waals surface area (Å²) in [5, 5.41) is 0. The Kier molecular flexibility index (Phi) is 5.58. The van der Waals surface area contributed by atoms with E-state index >= 15 is 0 Å². The molecule has 0 unspecified atom stereocenters. The fraction of sp³-hybridized carbons (Fsp3) is 0.176. The maximum atomic E-state index is 12.1. The molecule has 0 aliphatic carbocycles. The van der Waals surface area contributed by atoms with Gasteiger partial charge in [0.1, 0.15) is 6.42 Å². The molecule has 4 heteroatoms. The van der Waals surface area contributed by atoms with Crippen LogP contribution in [0, 0.1) is 0 Å². The summed E-state index contributed by atoms with van der Waals surface area (Å²) in [4.78, 5) is 24.3. The summed E-state index contributed by atoms with van der Waals surface area (Å²) in [6.07, 6.45) is -0.223. The topological polar surface area (TPSA) is 43.4 Å². The van der Waals surface area contributed by atoms with Gasteiger partial charge in [0.25, 0.3) is 0 Å². The molecule has 3 nitrogen and oxygen atoms in total. The lowest BCUT2D eigenvalue weighted by Gasteiger charge is -2.08. The summed E-state index contributed by atoms with van der Waals surface area (Å²) in [6, 6.07) is 17.4. The lowest BCUT2D eigenvalue weighted by Crippen LogP contribution is -2.10. The van der Waals surface area contributed by atoms with Gasteiger partial charge in [-0.25, -0.2) is 0 Å². The van der Waals surface area contributed by atoms with E-state index in [1.54, 1.807) is 23.9 Å². The summed E-state index contributed by atoms with van der Waals surface area (Å²) < 4.78 is 4.54. The van der Waals surface area contributed by atoms with E-state index in [0.29, 0.717) is 5.56 Å². The van der Waals surface area contributed by atoms with Crippen molar-refractivity contribution in [2.24, 2.45) is 0 Å². The van der Waals surface area contributed by atoms with Gasteiger partial charge < -0.3 is 4.74 Å². The zero-order chi connectivity index (χ0) is 15.1. The first kappa shape index (κ1) is 15.3. The predicted molar refractivity (Wildman–Crippen MR) is 83.4 cm³/mol. The minimum absolute atomic E-state index is 0.210. The Morgan fingerprint density at radius 3 is 2.38 bits per heavy atom. The van der Waals surface area contributed by atoms with Crippen LogP contribution in [-0.2, 0) is 15.3 Å². The maximum absolute atomic E-state index is 12.1. The molecule has 21 heavy (non-hydrogen) atoms. The highest BCUT2D eigenvalue weighted by Crippen LogP contribution is 2.27. The maximum Gasteiger partial charge on any atom is 0.313 e. The fourth-order valence-electron chi connectivity index (χ4n) is 1.86. The molecule has 0 radical (unpaired) electrons. The second kappa shape index (κ2) is 7.64. The molecular weight excluding hydrogens is 284 g/mol. The van der Waals surface area contributed by atoms with Crippen LogP contribution in [-0.4, -0.2) is 18.9 Å². The molecule has 2 aromatic carbocycles. The van der Waals surface area contributed by atoms with Gasteiger partial charge >= 0.3 is 5.97 Å². The molecule has 0 amide bonds. The van der Waals surface area contributed by atoms with E-state index in [2.05, 4.69) is 4.74 Å². The van der Waals surface area contributed by atoms with Crippen LogP contribution in [0.5, 0.6) is 0 Å². The van der Waals surface area contributed by atoms with Crippen molar-refractivity contribution in [2.45, 2.75) is 17.1 Å². The molecule has 0 aliphatic heterocycles. The molecule has 0 saturated carbocycles. The normalized spacial score (nSPS) is 10.1. The first-order valence-electron chi connectivity index (χ1n) is 6.56. The van der Waals surface area contributed by atoms with Crippen LogP contribution in [0.2, 0.25) is 0 Å². The van der Waals surface area contributed by atoms with Crippen LogP contribution in [0.15, 0.2) is 59.5 Å². The third-order valence-corrected chi connectivity index (χ3v) is 4.10. The van der Waals surface area contributed by atoms with Gasteiger partial charge in [-0.2, -0.15) is 0 Å². The number of carbonyl (C=O) groups is 2. The molecule has 0 N–H and O–H groups in total. The first-order chi connectivity index (χ1) is 10.2. The number of esters is 1. The number of Topliss-reactive ketones (excluding diaryl/α,β-unsaturated/α-hetero) is 1. The van der Waals surface area contributed by atoms with Gasteiger partial charge in [-0.05, 0) is 11.6 Å². The Balaban J connectivity index is 2.09. The van der Waals surface area contributed by atoms with Crippen molar-refractivity contribution >= 4 is 23.5 Å². The standard InChI is InChI=1S/C17H16O3S/c1-20-17(19)11-15(18)14-9-5-6-10-16(14)21-12-13-7-3-2-4-8-13/h2-10H,11-12H2,1H3. The van der Waals surface area contributed by atoms with Gasteiger partial charge in [-0.3, -0.25) is 9.59 Å². The fourth-order valence-corrected chi connectivity index (χ4v) is 2.88. The van der Waals surface area contributed by atoms with E-state index in [1.807, 2.05) is 42.5 Å². The van der Waals surface area contributed by atoms with E-state index in [1.165, 1.54) is 12.7 Å².